The normalized spacial score (nSPS) is 15.7. The summed E-state index contributed by atoms with van der Waals surface area (Å²) in [7, 11) is 1.77. The molecule has 1 rings (SSSR count). The Hall–Kier alpha value is -0.450. The van der Waals surface area contributed by atoms with Crippen molar-refractivity contribution in [3.05, 3.63) is 15.6 Å². The standard InChI is InChI=1S/C14H26N2OS/c1-9(8-14(5,6)17-7)15-10(2)13-11(3)16-12(4)18-13/h9-10,15H,8H2,1-7H3. The first kappa shape index (κ1) is 15.6. The molecule has 0 saturated carbocycles. The minimum atomic E-state index is -0.0786. The highest BCUT2D eigenvalue weighted by molar-refractivity contribution is 7.11. The zero-order valence-electron chi connectivity index (χ0n) is 12.6. The van der Waals surface area contributed by atoms with E-state index in [1.165, 1.54) is 4.88 Å². The van der Waals surface area contributed by atoms with Crippen LogP contribution in [0.15, 0.2) is 0 Å². The molecule has 1 heterocycles. The van der Waals surface area contributed by atoms with E-state index in [1.807, 2.05) is 0 Å². The van der Waals surface area contributed by atoms with Crippen molar-refractivity contribution in [3.8, 4) is 0 Å². The number of hydrogen-bond acceptors (Lipinski definition) is 4. The lowest BCUT2D eigenvalue weighted by Gasteiger charge is -2.28. The van der Waals surface area contributed by atoms with Gasteiger partial charge in [0.1, 0.15) is 0 Å². The monoisotopic (exact) mass is 270 g/mol. The molecule has 1 aromatic heterocycles. The van der Waals surface area contributed by atoms with Gasteiger partial charge >= 0.3 is 0 Å². The molecule has 0 aliphatic carbocycles. The van der Waals surface area contributed by atoms with Crippen molar-refractivity contribution in [3.63, 3.8) is 0 Å². The Bertz CT molecular complexity index is 387. The van der Waals surface area contributed by atoms with E-state index in [0.29, 0.717) is 12.1 Å². The summed E-state index contributed by atoms with van der Waals surface area (Å²) in [5, 5.41) is 4.77. The number of aryl methyl sites for hydroxylation is 2. The van der Waals surface area contributed by atoms with Crippen molar-refractivity contribution < 1.29 is 4.74 Å². The van der Waals surface area contributed by atoms with Crippen LogP contribution in [0.4, 0.5) is 0 Å². The summed E-state index contributed by atoms with van der Waals surface area (Å²) < 4.78 is 5.47. The number of thiazole rings is 1. The summed E-state index contributed by atoms with van der Waals surface area (Å²) in [6.07, 6.45) is 0.991. The summed E-state index contributed by atoms with van der Waals surface area (Å²) in [6, 6.07) is 0.760. The van der Waals surface area contributed by atoms with E-state index < -0.39 is 0 Å². The van der Waals surface area contributed by atoms with Crippen LogP contribution in [0.2, 0.25) is 0 Å². The van der Waals surface area contributed by atoms with E-state index in [0.717, 1.165) is 17.1 Å². The Morgan fingerprint density at radius 1 is 1.33 bits per heavy atom. The third-order valence-corrected chi connectivity index (χ3v) is 4.47. The molecule has 0 radical (unpaired) electrons. The van der Waals surface area contributed by atoms with Gasteiger partial charge < -0.3 is 10.1 Å². The van der Waals surface area contributed by atoms with Gasteiger partial charge in [-0.25, -0.2) is 4.98 Å². The van der Waals surface area contributed by atoms with E-state index in [2.05, 4.69) is 51.8 Å². The van der Waals surface area contributed by atoms with Crippen LogP contribution in [0.3, 0.4) is 0 Å². The highest BCUT2D eigenvalue weighted by Gasteiger charge is 2.22. The van der Waals surface area contributed by atoms with Crippen LogP contribution in [-0.4, -0.2) is 23.7 Å². The molecular formula is C14H26N2OS. The van der Waals surface area contributed by atoms with Crippen molar-refractivity contribution >= 4 is 11.3 Å². The molecule has 104 valence electrons. The van der Waals surface area contributed by atoms with E-state index in [9.17, 15) is 0 Å². The first-order valence-electron chi connectivity index (χ1n) is 6.50. The van der Waals surface area contributed by atoms with Gasteiger partial charge in [-0.05, 0) is 48.0 Å². The second-order valence-electron chi connectivity index (χ2n) is 5.64. The molecule has 0 aliphatic heterocycles. The quantitative estimate of drug-likeness (QED) is 0.857. The number of methoxy groups -OCH3 is 1. The number of ether oxygens (including phenoxy) is 1. The van der Waals surface area contributed by atoms with Crippen molar-refractivity contribution in [2.75, 3.05) is 7.11 Å². The third kappa shape index (κ3) is 4.34. The molecule has 2 atom stereocenters. The molecule has 2 unspecified atom stereocenters. The lowest BCUT2D eigenvalue weighted by Crippen LogP contribution is -2.36. The second kappa shape index (κ2) is 6.13. The van der Waals surface area contributed by atoms with Crippen LogP contribution in [0.25, 0.3) is 0 Å². The summed E-state index contributed by atoms with van der Waals surface area (Å²) >= 11 is 1.78. The van der Waals surface area contributed by atoms with E-state index in [1.54, 1.807) is 18.4 Å². The maximum absolute atomic E-state index is 5.47. The molecule has 0 amide bonds. The molecule has 0 spiro atoms. The molecular weight excluding hydrogens is 244 g/mol. The van der Waals surface area contributed by atoms with E-state index in [-0.39, 0.29) is 5.60 Å². The molecule has 1 N–H and O–H groups in total. The number of rotatable bonds is 6. The predicted octanol–water partition coefficient (Wildman–Crippen LogP) is 3.61. The zero-order valence-corrected chi connectivity index (χ0v) is 13.4. The molecule has 0 aliphatic rings. The average molecular weight is 270 g/mol. The van der Waals surface area contributed by atoms with Crippen LogP contribution in [0.1, 0.15) is 55.7 Å². The van der Waals surface area contributed by atoms with Gasteiger partial charge in [0.05, 0.1) is 16.3 Å². The highest BCUT2D eigenvalue weighted by atomic mass is 32.1. The summed E-state index contributed by atoms with van der Waals surface area (Å²) in [6.45, 7) is 12.8. The lowest BCUT2D eigenvalue weighted by molar-refractivity contribution is 0.00785. The fourth-order valence-electron chi connectivity index (χ4n) is 2.33. The number of aromatic nitrogens is 1. The largest absolute Gasteiger partial charge is 0.379 e. The van der Waals surface area contributed by atoms with Crippen molar-refractivity contribution in [1.29, 1.82) is 0 Å². The number of nitrogens with zero attached hydrogens (tertiary/aromatic N) is 1. The van der Waals surface area contributed by atoms with Crippen LogP contribution >= 0.6 is 11.3 Å². The minimum Gasteiger partial charge on any atom is -0.379 e. The van der Waals surface area contributed by atoms with Crippen molar-refractivity contribution in [2.24, 2.45) is 0 Å². The first-order chi connectivity index (χ1) is 8.25. The predicted molar refractivity (Wildman–Crippen MR) is 78.3 cm³/mol. The Balaban J connectivity index is 2.59. The van der Waals surface area contributed by atoms with Crippen molar-refractivity contribution in [2.45, 2.75) is 65.6 Å². The third-order valence-electron chi connectivity index (χ3n) is 3.22. The number of nitrogens with one attached hydrogen (secondary N) is 1. The average Bonchev–Trinajstić information content (AvgIpc) is 2.57. The van der Waals surface area contributed by atoms with Crippen LogP contribution < -0.4 is 5.32 Å². The van der Waals surface area contributed by atoms with Crippen LogP contribution in [0, 0.1) is 13.8 Å². The smallest absolute Gasteiger partial charge is 0.0900 e. The van der Waals surface area contributed by atoms with Gasteiger partial charge in [0.2, 0.25) is 0 Å². The van der Waals surface area contributed by atoms with Gasteiger partial charge in [0, 0.05) is 24.1 Å². The van der Waals surface area contributed by atoms with Gasteiger partial charge in [-0.1, -0.05) is 0 Å². The first-order valence-corrected chi connectivity index (χ1v) is 7.32. The Labute approximate surface area is 115 Å². The van der Waals surface area contributed by atoms with Crippen molar-refractivity contribution in [1.82, 2.24) is 10.3 Å². The molecule has 3 nitrogen and oxygen atoms in total. The van der Waals surface area contributed by atoms with Gasteiger partial charge in [-0.2, -0.15) is 0 Å². The topological polar surface area (TPSA) is 34.1 Å². The Morgan fingerprint density at radius 2 is 1.94 bits per heavy atom. The van der Waals surface area contributed by atoms with Crippen LogP contribution in [0.5, 0.6) is 0 Å². The minimum absolute atomic E-state index is 0.0786. The molecule has 0 aromatic carbocycles. The lowest BCUT2D eigenvalue weighted by atomic mass is 9.99. The molecule has 4 heteroatoms. The second-order valence-corrected chi connectivity index (χ2v) is 6.87. The fraction of sp³-hybridized carbons (Fsp3) is 0.786. The number of hydrogen-bond donors (Lipinski definition) is 1. The fourth-order valence-corrected chi connectivity index (χ4v) is 3.27. The molecule has 0 bridgehead atoms. The summed E-state index contributed by atoms with van der Waals surface area (Å²) in [5.74, 6) is 0. The molecule has 1 aromatic rings. The maximum Gasteiger partial charge on any atom is 0.0900 e. The molecule has 0 saturated heterocycles. The van der Waals surface area contributed by atoms with E-state index >= 15 is 0 Å². The summed E-state index contributed by atoms with van der Waals surface area (Å²) in [4.78, 5) is 5.83. The highest BCUT2D eigenvalue weighted by Crippen LogP contribution is 2.25. The SMILES string of the molecule is COC(C)(C)CC(C)NC(C)c1sc(C)nc1C. The molecule has 0 fully saturated rings. The Kier molecular flexibility index (Phi) is 5.32. The maximum atomic E-state index is 5.47. The van der Waals surface area contributed by atoms with Gasteiger partial charge in [0.25, 0.3) is 0 Å². The van der Waals surface area contributed by atoms with Gasteiger partial charge in [-0.3, -0.25) is 0 Å². The van der Waals surface area contributed by atoms with Crippen LogP contribution in [-0.2, 0) is 4.74 Å². The van der Waals surface area contributed by atoms with Gasteiger partial charge in [0.15, 0.2) is 0 Å². The summed E-state index contributed by atoms with van der Waals surface area (Å²) in [5.41, 5.74) is 1.07. The van der Waals surface area contributed by atoms with E-state index in [4.69, 9.17) is 4.74 Å². The Morgan fingerprint density at radius 3 is 2.39 bits per heavy atom. The van der Waals surface area contributed by atoms with Gasteiger partial charge in [-0.15, -0.1) is 11.3 Å². The molecule has 18 heavy (non-hydrogen) atoms. The zero-order chi connectivity index (χ0) is 13.9.